The van der Waals surface area contributed by atoms with Gasteiger partial charge in [-0.05, 0) is 37.9 Å². The van der Waals surface area contributed by atoms with Gasteiger partial charge in [-0.1, -0.05) is 30.7 Å². The summed E-state index contributed by atoms with van der Waals surface area (Å²) in [5.41, 5.74) is 1.18. The van der Waals surface area contributed by atoms with E-state index in [0.717, 1.165) is 24.7 Å². The SMILES string of the molecule is CCCNC1CCCN(c2ccccc2Cl)C1. The van der Waals surface area contributed by atoms with Crippen LogP contribution in [-0.4, -0.2) is 25.7 Å². The van der Waals surface area contributed by atoms with Crippen LogP contribution in [0.3, 0.4) is 0 Å². The summed E-state index contributed by atoms with van der Waals surface area (Å²) < 4.78 is 0. The average Bonchev–Trinajstić information content (AvgIpc) is 2.37. The van der Waals surface area contributed by atoms with Crippen LogP contribution in [0.25, 0.3) is 0 Å². The fourth-order valence-corrected chi connectivity index (χ4v) is 2.67. The molecule has 0 amide bonds. The molecule has 0 spiro atoms. The number of para-hydroxylation sites is 1. The second kappa shape index (κ2) is 6.27. The second-order valence-corrected chi connectivity index (χ2v) is 5.10. The van der Waals surface area contributed by atoms with Gasteiger partial charge in [0.1, 0.15) is 0 Å². The predicted octanol–water partition coefficient (Wildman–Crippen LogP) is 3.31. The molecule has 1 saturated heterocycles. The molecule has 3 heteroatoms. The first-order chi connectivity index (χ1) is 8.31. The molecule has 0 saturated carbocycles. The molecule has 1 aromatic carbocycles. The lowest BCUT2D eigenvalue weighted by Crippen LogP contribution is -2.46. The molecular formula is C14H21ClN2. The Morgan fingerprint density at radius 2 is 2.24 bits per heavy atom. The molecule has 1 atom stereocenters. The Kier molecular flexibility index (Phi) is 4.69. The molecule has 17 heavy (non-hydrogen) atoms. The van der Waals surface area contributed by atoms with Crippen LogP contribution in [0, 0.1) is 0 Å². The topological polar surface area (TPSA) is 15.3 Å². The summed E-state index contributed by atoms with van der Waals surface area (Å²) in [4.78, 5) is 2.40. The van der Waals surface area contributed by atoms with Gasteiger partial charge in [0, 0.05) is 19.1 Å². The van der Waals surface area contributed by atoms with Gasteiger partial charge >= 0.3 is 0 Å². The van der Waals surface area contributed by atoms with E-state index in [1.807, 2.05) is 12.1 Å². The molecule has 0 aliphatic carbocycles. The lowest BCUT2D eigenvalue weighted by molar-refractivity contribution is 0.423. The summed E-state index contributed by atoms with van der Waals surface area (Å²) in [5.74, 6) is 0. The number of benzene rings is 1. The number of anilines is 1. The summed E-state index contributed by atoms with van der Waals surface area (Å²) >= 11 is 6.25. The highest BCUT2D eigenvalue weighted by Gasteiger charge is 2.20. The first kappa shape index (κ1) is 12.7. The van der Waals surface area contributed by atoms with Gasteiger partial charge in [0.2, 0.25) is 0 Å². The predicted molar refractivity (Wildman–Crippen MR) is 75.0 cm³/mol. The number of nitrogens with zero attached hydrogens (tertiary/aromatic N) is 1. The second-order valence-electron chi connectivity index (χ2n) is 4.69. The Morgan fingerprint density at radius 1 is 1.41 bits per heavy atom. The number of hydrogen-bond acceptors (Lipinski definition) is 2. The van der Waals surface area contributed by atoms with Crippen molar-refractivity contribution >= 4 is 17.3 Å². The lowest BCUT2D eigenvalue weighted by Gasteiger charge is -2.35. The van der Waals surface area contributed by atoms with Gasteiger partial charge in [0.25, 0.3) is 0 Å². The fourth-order valence-electron chi connectivity index (χ4n) is 2.42. The van der Waals surface area contributed by atoms with E-state index in [1.54, 1.807) is 0 Å². The van der Waals surface area contributed by atoms with Crippen molar-refractivity contribution in [1.82, 2.24) is 5.32 Å². The van der Waals surface area contributed by atoms with Crippen molar-refractivity contribution in [3.05, 3.63) is 29.3 Å². The Labute approximate surface area is 109 Å². The Balaban J connectivity index is 1.99. The van der Waals surface area contributed by atoms with Crippen LogP contribution < -0.4 is 10.2 Å². The van der Waals surface area contributed by atoms with Gasteiger partial charge in [-0.25, -0.2) is 0 Å². The van der Waals surface area contributed by atoms with E-state index in [2.05, 4.69) is 29.3 Å². The van der Waals surface area contributed by atoms with Crippen molar-refractivity contribution in [3.8, 4) is 0 Å². The van der Waals surface area contributed by atoms with E-state index in [9.17, 15) is 0 Å². The average molecular weight is 253 g/mol. The summed E-state index contributed by atoms with van der Waals surface area (Å²) in [5, 5.41) is 4.47. The number of halogens is 1. The molecule has 94 valence electrons. The number of piperidine rings is 1. The largest absolute Gasteiger partial charge is 0.369 e. The Bertz CT molecular complexity index is 354. The van der Waals surface area contributed by atoms with Crippen LogP contribution in [0.2, 0.25) is 5.02 Å². The third-order valence-corrected chi connectivity index (χ3v) is 3.62. The van der Waals surface area contributed by atoms with Crippen LogP contribution >= 0.6 is 11.6 Å². The van der Waals surface area contributed by atoms with Gasteiger partial charge < -0.3 is 10.2 Å². The first-order valence-electron chi connectivity index (χ1n) is 6.54. The van der Waals surface area contributed by atoms with E-state index in [0.29, 0.717) is 6.04 Å². The molecule has 1 N–H and O–H groups in total. The van der Waals surface area contributed by atoms with Gasteiger partial charge in [-0.3, -0.25) is 0 Å². The van der Waals surface area contributed by atoms with E-state index in [1.165, 1.54) is 24.9 Å². The molecule has 1 aliphatic rings. The monoisotopic (exact) mass is 252 g/mol. The maximum Gasteiger partial charge on any atom is 0.0639 e. The zero-order chi connectivity index (χ0) is 12.1. The summed E-state index contributed by atoms with van der Waals surface area (Å²) in [6.45, 7) is 5.51. The molecule has 1 fully saturated rings. The number of hydrogen-bond donors (Lipinski definition) is 1. The molecule has 1 aromatic rings. The van der Waals surface area contributed by atoms with Crippen LogP contribution in [-0.2, 0) is 0 Å². The highest BCUT2D eigenvalue weighted by atomic mass is 35.5. The van der Waals surface area contributed by atoms with Crippen LogP contribution in [0.1, 0.15) is 26.2 Å². The van der Waals surface area contributed by atoms with Gasteiger partial charge in [0.15, 0.2) is 0 Å². The van der Waals surface area contributed by atoms with Gasteiger partial charge in [-0.15, -0.1) is 0 Å². The van der Waals surface area contributed by atoms with Gasteiger partial charge in [-0.2, -0.15) is 0 Å². The maximum atomic E-state index is 6.25. The lowest BCUT2D eigenvalue weighted by atomic mass is 10.0. The summed E-state index contributed by atoms with van der Waals surface area (Å²) in [6, 6.07) is 8.75. The molecule has 1 heterocycles. The minimum atomic E-state index is 0.611. The molecule has 1 unspecified atom stereocenters. The normalized spacial score (nSPS) is 20.6. The molecule has 1 aliphatic heterocycles. The zero-order valence-electron chi connectivity index (χ0n) is 10.5. The highest BCUT2D eigenvalue weighted by molar-refractivity contribution is 6.33. The molecule has 0 radical (unpaired) electrons. The molecule has 0 aromatic heterocycles. The van der Waals surface area contributed by atoms with E-state index >= 15 is 0 Å². The third kappa shape index (κ3) is 3.36. The summed E-state index contributed by atoms with van der Waals surface area (Å²) in [7, 11) is 0. The zero-order valence-corrected chi connectivity index (χ0v) is 11.2. The minimum Gasteiger partial charge on any atom is -0.369 e. The third-order valence-electron chi connectivity index (χ3n) is 3.30. The maximum absolute atomic E-state index is 6.25. The van der Waals surface area contributed by atoms with Crippen molar-refractivity contribution in [2.24, 2.45) is 0 Å². The number of rotatable bonds is 4. The van der Waals surface area contributed by atoms with Crippen LogP contribution in [0.5, 0.6) is 0 Å². The van der Waals surface area contributed by atoms with Gasteiger partial charge in [0.05, 0.1) is 10.7 Å². The molecule has 0 bridgehead atoms. The van der Waals surface area contributed by atoms with Crippen molar-refractivity contribution in [2.75, 3.05) is 24.5 Å². The summed E-state index contributed by atoms with van der Waals surface area (Å²) in [6.07, 6.45) is 3.72. The van der Waals surface area contributed by atoms with Crippen LogP contribution in [0.4, 0.5) is 5.69 Å². The minimum absolute atomic E-state index is 0.611. The smallest absolute Gasteiger partial charge is 0.0639 e. The quantitative estimate of drug-likeness (QED) is 0.885. The molecule has 2 nitrogen and oxygen atoms in total. The molecular weight excluding hydrogens is 232 g/mol. The highest BCUT2D eigenvalue weighted by Crippen LogP contribution is 2.27. The standard InChI is InChI=1S/C14H21ClN2/c1-2-9-16-12-6-5-10-17(11-12)14-8-4-3-7-13(14)15/h3-4,7-8,12,16H,2,5-6,9-11H2,1H3. The van der Waals surface area contributed by atoms with Crippen molar-refractivity contribution < 1.29 is 0 Å². The molecule has 2 rings (SSSR count). The van der Waals surface area contributed by atoms with Crippen molar-refractivity contribution in [1.29, 1.82) is 0 Å². The van der Waals surface area contributed by atoms with Crippen molar-refractivity contribution in [3.63, 3.8) is 0 Å². The van der Waals surface area contributed by atoms with E-state index in [4.69, 9.17) is 11.6 Å². The Hall–Kier alpha value is -0.730. The fraction of sp³-hybridized carbons (Fsp3) is 0.571. The van der Waals surface area contributed by atoms with Crippen LogP contribution in [0.15, 0.2) is 24.3 Å². The first-order valence-corrected chi connectivity index (χ1v) is 6.92. The van der Waals surface area contributed by atoms with E-state index in [-0.39, 0.29) is 0 Å². The van der Waals surface area contributed by atoms with Crippen molar-refractivity contribution in [2.45, 2.75) is 32.2 Å². The van der Waals surface area contributed by atoms with E-state index < -0.39 is 0 Å². The number of nitrogens with one attached hydrogen (secondary N) is 1. The Morgan fingerprint density at radius 3 is 3.00 bits per heavy atom.